The summed E-state index contributed by atoms with van der Waals surface area (Å²) in [5.41, 5.74) is 3.81. The number of nitrogens with zero attached hydrogens (tertiary/aromatic N) is 1. The molecule has 1 aromatic rings. The maximum atomic E-state index is 9.96. The first-order valence-corrected chi connectivity index (χ1v) is 7.45. The molecule has 3 aliphatic heterocycles. The van der Waals surface area contributed by atoms with Gasteiger partial charge in [0.2, 0.25) is 6.79 Å². The van der Waals surface area contributed by atoms with Crippen molar-refractivity contribution in [3.8, 4) is 11.5 Å². The van der Waals surface area contributed by atoms with Gasteiger partial charge >= 0.3 is 0 Å². The minimum absolute atomic E-state index is 0.248. The quantitative estimate of drug-likeness (QED) is 0.690. The zero-order chi connectivity index (χ0) is 14.1. The maximum absolute atomic E-state index is 9.96. The van der Waals surface area contributed by atoms with Crippen LogP contribution in [0.25, 0.3) is 0 Å². The number of hydrogen-bond acceptors (Lipinski definition) is 5. The number of aliphatic hydroxyl groups excluding tert-OH is 2. The average molecular weight is 287 g/mol. The topological polar surface area (TPSA) is 62.2 Å². The molecule has 2 bridgehead atoms. The van der Waals surface area contributed by atoms with Gasteiger partial charge in [-0.2, -0.15) is 0 Å². The van der Waals surface area contributed by atoms with E-state index in [1.807, 2.05) is 6.08 Å². The largest absolute Gasteiger partial charge is 0.454 e. The van der Waals surface area contributed by atoms with Crippen molar-refractivity contribution in [3.05, 3.63) is 34.9 Å². The Balaban J connectivity index is 1.63. The van der Waals surface area contributed by atoms with Crippen LogP contribution in [-0.2, 0) is 6.54 Å². The smallest absolute Gasteiger partial charge is 0.231 e. The Kier molecular flexibility index (Phi) is 2.29. The monoisotopic (exact) mass is 287 g/mol. The lowest BCUT2D eigenvalue weighted by atomic mass is 9.82. The second kappa shape index (κ2) is 4.00. The summed E-state index contributed by atoms with van der Waals surface area (Å²) in [4.78, 5) is 2.40. The fraction of sp³-hybridized carbons (Fsp3) is 0.500. The number of benzene rings is 1. The highest BCUT2D eigenvalue weighted by atomic mass is 16.7. The molecule has 1 saturated heterocycles. The Morgan fingerprint density at radius 2 is 1.95 bits per heavy atom. The highest BCUT2D eigenvalue weighted by Gasteiger charge is 2.46. The fourth-order valence-corrected chi connectivity index (χ4v) is 4.23. The van der Waals surface area contributed by atoms with E-state index in [1.54, 1.807) is 0 Å². The molecule has 1 unspecified atom stereocenters. The highest BCUT2D eigenvalue weighted by molar-refractivity contribution is 5.54. The van der Waals surface area contributed by atoms with Crippen LogP contribution < -0.4 is 9.47 Å². The third kappa shape index (κ3) is 1.56. The van der Waals surface area contributed by atoms with Gasteiger partial charge < -0.3 is 19.7 Å². The molecule has 2 N–H and O–H groups in total. The molecule has 0 saturated carbocycles. The number of hydrogen-bond donors (Lipinski definition) is 2. The van der Waals surface area contributed by atoms with Crippen LogP contribution in [0.5, 0.6) is 11.5 Å². The van der Waals surface area contributed by atoms with Crippen molar-refractivity contribution in [2.45, 2.75) is 37.1 Å². The van der Waals surface area contributed by atoms with Crippen LogP contribution in [0.15, 0.2) is 23.8 Å². The van der Waals surface area contributed by atoms with E-state index in [2.05, 4.69) is 17.0 Å². The summed E-state index contributed by atoms with van der Waals surface area (Å²) in [7, 11) is 0. The van der Waals surface area contributed by atoms with E-state index in [9.17, 15) is 10.2 Å². The molecular weight excluding hydrogens is 270 g/mol. The minimum atomic E-state index is -0.741. The van der Waals surface area contributed by atoms with Crippen molar-refractivity contribution in [1.29, 1.82) is 0 Å². The summed E-state index contributed by atoms with van der Waals surface area (Å²) < 4.78 is 11.0. The molecule has 1 fully saturated rings. The molecule has 0 amide bonds. The molecule has 1 aliphatic carbocycles. The molecule has 21 heavy (non-hydrogen) atoms. The van der Waals surface area contributed by atoms with Gasteiger partial charge in [-0.3, -0.25) is 4.90 Å². The van der Waals surface area contributed by atoms with Gasteiger partial charge in [-0.15, -0.1) is 0 Å². The molecule has 5 heteroatoms. The lowest BCUT2D eigenvalue weighted by Crippen LogP contribution is -2.39. The van der Waals surface area contributed by atoms with Crippen LogP contribution >= 0.6 is 0 Å². The van der Waals surface area contributed by atoms with Gasteiger partial charge in [-0.1, -0.05) is 6.08 Å². The lowest BCUT2D eigenvalue weighted by molar-refractivity contribution is 0.0208. The van der Waals surface area contributed by atoms with Gasteiger partial charge in [0.05, 0.1) is 12.2 Å². The molecule has 5 nitrogen and oxygen atoms in total. The second-order valence-electron chi connectivity index (χ2n) is 6.36. The maximum Gasteiger partial charge on any atom is 0.231 e. The van der Waals surface area contributed by atoms with E-state index in [0.29, 0.717) is 19.1 Å². The third-order valence-corrected chi connectivity index (χ3v) is 5.25. The summed E-state index contributed by atoms with van der Waals surface area (Å²) in [5, 5.41) is 19.9. The normalized spacial score (nSPS) is 38.8. The lowest BCUT2D eigenvalue weighted by Gasteiger charge is -2.31. The van der Waals surface area contributed by atoms with Crippen LogP contribution in [0.4, 0.5) is 0 Å². The van der Waals surface area contributed by atoms with Crippen molar-refractivity contribution in [3.63, 3.8) is 0 Å². The molecule has 0 spiro atoms. The molecule has 0 aromatic heterocycles. The molecular formula is C16H17NO4. The first kappa shape index (κ1) is 12.0. The minimum Gasteiger partial charge on any atom is -0.454 e. The standard InChI is InChI=1S/C16H17NO4/c18-13-2-10-11-6-17(12(10)4-14(13)19)5-8-1-15-16(3-9(8)11)21-7-20-15/h1-3,11-14,18-19H,4-7H2/t11-,12+,13+,14-/m0/s1. The molecule has 0 radical (unpaired) electrons. The Hall–Kier alpha value is -1.56. The SMILES string of the molecule is O[C@@H]1C=C2[C@H]3CN(Cc4cc5c(cc43)OCO5)[C@@H]2C[C@@H]1O. The number of aliphatic hydroxyl groups is 2. The molecule has 110 valence electrons. The summed E-state index contributed by atoms with van der Waals surface area (Å²) in [6, 6.07) is 4.43. The van der Waals surface area contributed by atoms with Gasteiger partial charge in [0.15, 0.2) is 11.5 Å². The molecule has 5 rings (SSSR count). The highest BCUT2D eigenvalue weighted by Crippen LogP contribution is 2.49. The first-order chi connectivity index (χ1) is 10.2. The van der Waals surface area contributed by atoms with E-state index >= 15 is 0 Å². The van der Waals surface area contributed by atoms with Crippen molar-refractivity contribution in [2.75, 3.05) is 13.3 Å². The van der Waals surface area contributed by atoms with E-state index < -0.39 is 12.2 Å². The molecule has 1 aromatic carbocycles. The van der Waals surface area contributed by atoms with Crippen molar-refractivity contribution in [2.24, 2.45) is 0 Å². The second-order valence-corrected chi connectivity index (χ2v) is 6.36. The molecule has 3 heterocycles. The number of fused-ring (bicyclic) bond motifs is 8. The van der Waals surface area contributed by atoms with Gasteiger partial charge in [-0.05, 0) is 35.3 Å². The zero-order valence-electron chi connectivity index (χ0n) is 11.5. The van der Waals surface area contributed by atoms with Gasteiger partial charge in [0.25, 0.3) is 0 Å². The van der Waals surface area contributed by atoms with Crippen LogP contribution in [0, 0.1) is 0 Å². The van der Waals surface area contributed by atoms with Crippen LogP contribution in [0.3, 0.4) is 0 Å². The fourth-order valence-electron chi connectivity index (χ4n) is 4.23. The van der Waals surface area contributed by atoms with Gasteiger partial charge in [0.1, 0.15) is 0 Å². The Morgan fingerprint density at radius 3 is 2.81 bits per heavy atom. The number of ether oxygens (including phenoxy) is 2. The summed E-state index contributed by atoms with van der Waals surface area (Å²) >= 11 is 0. The van der Waals surface area contributed by atoms with E-state index in [0.717, 1.165) is 24.6 Å². The summed E-state index contributed by atoms with van der Waals surface area (Å²) in [6.07, 6.45) is 1.08. The van der Waals surface area contributed by atoms with E-state index in [-0.39, 0.29) is 6.04 Å². The van der Waals surface area contributed by atoms with Crippen LogP contribution in [0.1, 0.15) is 23.5 Å². The zero-order valence-corrected chi connectivity index (χ0v) is 11.5. The predicted octanol–water partition coefficient (Wildman–Crippen LogP) is 0.749. The molecule has 4 aliphatic rings. The van der Waals surface area contributed by atoms with Gasteiger partial charge in [0, 0.05) is 25.0 Å². The molecule has 5 atom stereocenters. The van der Waals surface area contributed by atoms with E-state index in [4.69, 9.17) is 9.47 Å². The Morgan fingerprint density at radius 1 is 1.14 bits per heavy atom. The van der Waals surface area contributed by atoms with Crippen LogP contribution in [-0.4, -0.2) is 46.7 Å². The Bertz CT molecular complexity index is 656. The van der Waals surface area contributed by atoms with Crippen molar-refractivity contribution < 1.29 is 19.7 Å². The van der Waals surface area contributed by atoms with Gasteiger partial charge in [-0.25, -0.2) is 0 Å². The van der Waals surface area contributed by atoms with Crippen molar-refractivity contribution in [1.82, 2.24) is 4.90 Å². The van der Waals surface area contributed by atoms with Crippen LogP contribution in [0.2, 0.25) is 0 Å². The van der Waals surface area contributed by atoms with Crippen molar-refractivity contribution >= 4 is 0 Å². The summed E-state index contributed by atoms with van der Waals surface area (Å²) in [5.74, 6) is 1.95. The average Bonchev–Trinajstić information content (AvgIpc) is 3.03. The Labute approximate surface area is 122 Å². The third-order valence-electron chi connectivity index (χ3n) is 5.25. The first-order valence-electron chi connectivity index (χ1n) is 7.45. The predicted molar refractivity (Wildman–Crippen MR) is 74.2 cm³/mol. The number of rotatable bonds is 0. The summed E-state index contributed by atoms with van der Waals surface area (Å²) in [6.45, 7) is 2.12. The van der Waals surface area contributed by atoms with E-state index in [1.165, 1.54) is 16.7 Å².